The van der Waals surface area contributed by atoms with Crippen LogP contribution in [0.4, 0.5) is 5.69 Å². The minimum Gasteiger partial charge on any atom is -0.367 e. The van der Waals surface area contributed by atoms with Gasteiger partial charge in [-0.2, -0.15) is 0 Å². The molecule has 1 N–H and O–H groups in total. The molecule has 1 fully saturated rings. The zero-order chi connectivity index (χ0) is 12.5. The van der Waals surface area contributed by atoms with Crippen LogP contribution in [0.5, 0.6) is 0 Å². The van der Waals surface area contributed by atoms with Crippen LogP contribution in [0.2, 0.25) is 5.02 Å². The average molecular weight is 253 g/mol. The number of benzene rings is 1. The standard InChI is InChI=1S/C14H21ClN2/c1-4-14(3)10-17(8-7-16-14)13-9-11(2)5-6-12(13)15/h5-6,9,16H,4,7-8,10H2,1-3H3. The van der Waals surface area contributed by atoms with Gasteiger partial charge >= 0.3 is 0 Å². The van der Waals surface area contributed by atoms with E-state index in [1.54, 1.807) is 0 Å². The maximum atomic E-state index is 6.30. The molecule has 0 amide bonds. The van der Waals surface area contributed by atoms with Crippen molar-refractivity contribution in [1.82, 2.24) is 5.32 Å². The summed E-state index contributed by atoms with van der Waals surface area (Å²) in [7, 11) is 0. The molecular weight excluding hydrogens is 232 g/mol. The third kappa shape index (κ3) is 2.75. The Hall–Kier alpha value is -0.730. The van der Waals surface area contributed by atoms with E-state index in [4.69, 9.17) is 11.6 Å². The van der Waals surface area contributed by atoms with Gasteiger partial charge in [0, 0.05) is 25.2 Å². The molecule has 94 valence electrons. The van der Waals surface area contributed by atoms with Crippen molar-refractivity contribution in [1.29, 1.82) is 0 Å². The van der Waals surface area contributed by atoms with E-state index in [2.05, 4.69) is 43.1 Å². The lowest BCUT2D eigenvalue weighted by molar-refractivity contribution is 0.314. The summed E-state index contributed by atoms with van der Waals surface area (Å²) in [6, 6.07) is 6.24. The van der Waals surface area contributed by atoms with E-state index < -0.39 is 0 Å². The second kappa shape index (κ2) is 4.87. The van der Waals surface area contributed by atoms with Crippen molar-refractivity contribution in [2.45, 2.75) is 32.7 Å². The molecule has 0 spiro atoms. The topological polar surface area (TPSA) is 15.3 Å². The van der Waals surface area contributed by atoms with E-state index in [0.29, 0.717) is 0 Å². The zero-order valence-corrected chi connectivity index (χ0v) is 11.6. The molecule has 1 atom stereocenters. The van der Waals surface area contributed by atoms with Gasteiger partial charge in [0.2, 0.25) is 0 Å². The molecule has 1 aromatic carbocycles. The fraction of sp³-hybridized carbons (Fsp3) is 0.571. The van der Waals surface area contributed by atoms with Gasteiger partial charge in [-0.3, -0.25) is 0 Å². The fourth-order valence-electron chi connectivity index (χ4n) is 2.36. The van der Waals surface area contributed by atoms with Gasteiger partial charge in [-0.15, -0.1) is 0 Å². The van der Waals surface area contributed by atoms with E-state index in [-0.39, 0.29) is 5.54 Å². The Bertz CT molecular complexity index is 405. The molecule has 2 nitrogen and oxygen atoms in total. The highest BCUT2D eigenvalue weighted by Gasteiger charge is 2.29. The van der Waals surface area contributed by atoms with Gasteiger partial charge in [0.05, 0.1) is 10.7 Å². The van der Waals surface area contributed by atoms with Crippen LogP contribution in [0, 0.1) is 6.92 Å². The molecule has 1 heterocycles. The van der Waals surface area contributed by atoms with E-state index >= 15 is 0 Å². The predicted octanol–water partition coefficient (Wildman–Crippen LogP) is 3.23. The fourth-order valence-corrected chi connectivity index (χ4v) is 2.59. The van der Waals surface area contributed by atoms with Crippen molar-refractivity contribution in [2.75, 3.05) is 24.5 Å². The monoisotopic (exact) mass is 252 g/mol. The van der Waals surface area contributed by atoms with E-state index in [1.807, 2.05) is 6.07 Å². The maximum absolute atomic E-state index is 6.30. The first-order chi connectivity index (χ1) is 8.04. The molecule has 0 aromatic heterocycles. The van der Waals surface area contributed by atoms with E-state index in [1.165, 1.54) is 11.3 Å². The average Bonchev–Trinajstić information content (AvgIpc) is 2.32. The van der Waals surface area contributed by atoms with Crippen LogP contribution in [0.15, 0.2) is 18.2 Å². The Morgan fingerprint density at radius 1 is 1.47 bits per heavy atom. The van der Waals surface area contributed by atoms with Crippen LogP contribution in [-0.2, 0) is 0 Å². The minimum absolute atomic E-state index is 0.200. The second-order valence-corrected chi connectivity index (χ2v) is 5.62. The number of nitrogens with one attached hydrogen (secondary N) is 1. The molecule has 0 radical (unpaired) electrons. The Kier molecular flexibility index (Phi) is 3.64. The number of nitrogens with zero attached hydrogens (tertiary/aromatic N) is 1. The van der Waals surface area contributed by atoms with E-state index in [9.17, 15) is 0 Å². The number of anilines is 1. The Morgan fingerprint density at radius 2 is 2.24 bits per heavy atom. The summed E-state index contributed by atoms with van der Waals surface area (Å²) in [4.78, 5) is 2.40. The van der Waals surface area contributed by atoms with Crippen LogP contribution in [0.3, 0.4) is 0 Å². The normalized spacial score (nSPS) is 25.1. The highest BCUT2D eigenvalue weighted by Crippen LogP contribution is 2.29. The predicted molar refractivity (Wildman–Crippen MR) is 75.1 cm³/mol. The van der Waals surface area contributed by atoms with Crippen LogP contribution in [0.1, 0.15) is 25.8 Å². The first-order valence-electron chi connectivity index (χ1n) is 6.30. The Labute approximate surface area is 109 Å². The zero-order valence-electron chi connectivity index (χ0n) is 10.9. The van der Waals surface area contributed by atoms with Gasteiger partial charge in [0.1, 0.15) is 0 Å². The summed E-state index contributed by atoms with van der Waals surface area (Å²) in [6.45, 7) is 9.69. The van der Waals surface area contributed by atoms with Crippen LogP contribution in [0.25, 0.3) is 0 Å². The quantitative estimate of drug-likeness (QED) is 0.870. The summed E-state index contributed by atoms with van der Waals surface area (Å²) in [5.74, 6) is 0. The number of hydrogen-bond acceptors (Lipinski definition) is 2. The Balaban J connectivity index is 2.24. The molecule has 1 saturated heterocycles. The summed E-state index contributed by atoms with van der Waals surface area (Å²) < 4.78 is 0. The van der Waals surface area contributed by atoms with Gasteiger partial charge in [-0.05, 0) is 38.0 Å². The number of rotatable bonds is 2. The third-order valence-electron chi connectivity index (χ3n) is 3.70. The number of piperazine rings is 1. The summed E-state index contributed by atoms with van der Waals surface area (Å²) in [5, 5.41) is 4.45. The van der Waals surface area contributed by atoms with Crippen molar-refractivity contribution in [3.8, 4) is 0 Å². The first kappa shape index (κ1) is 12.7. The first-order valence-corrected chi connectivity index (χ1v) is 6.68. The van der Waals surface area contributed by atoms with Gasteiger partial charge in [-0.25, -0.2) is 0 Å². The molecule has 17 heavy (non-hydrogen) atoms. The molecule has 0 saturated carbocycles. The van der Waals surface area contributed by atoms with Crippen molar-refractivity contribution >= 4 is 17.3 Å². The summed E-state index contributed by atoms with van der Waals surface area (Å²) >= 11 is 6.30. The lowest BCUT2D eigenvalue weighted by Crippen LogP contribution is -2.58. The maximum Gasteiger partial charge on any atom is 0.0639 e. The minimum atomic E-state index is 0.200. The summed E-state index contributed by atoms with van der Waals surface area (Å²) in [5.41, 5.74) is 2.64. The van der Waals surface area contributed by atoms with Crippen molar-refractivity contribution in [2.24, 2.45) is 0 Å². The van der Waals surface area contributed by atoms with Crippen LogP contribution >= 0.6 is 11.6 Å². The van der Waals surface area contributed by atoms with Gasteiger partial charge in [0.15, 0.2) is 0 Å². The number of hydrogen-bond donors (Lipinski definition) is 1. The lowest BCUT2D eigenvalue weighted by Gasteiger charge is -2.42. The molecule has 1 aliphatic heterocycles. The largest absolute Gasteiger partial charge is 0.367 e. The van der Waals surface area contributed by atoms with Gasteiger partial charge in [0.25, 0.3) is 0 Å². The molecular formula is C14H21ClN2. The van der Waals surface area contributed by atoms with Gasteiger partial charge in [-0.1, -0.05) is 24.6 Å². The smallest absolute Gasteiger partial charge is 0.0639 e. The number of aryl methyl sites for hydroxylation is 1. The van der Waals surface area contributed by atoms with Gasteiger partial charge < -0.3 is 10.2 Å². The SMILES string of the molecule is CCC1(C)CN(c2cc(C)ccc2Cl)CCN1. The lowest BCUT2D eigenvalue weighted by atomic mass is 9.95. The Morgan fingerprint density at radius 3 is 2.94 bits per heavy atom. The molecule has 1 aromatic rings. The molecule has 2 rings (SSSR count). The number of halogens is 1. The highest BCUT2D eigenvalue weighted by atomic mass is 35.5. The van der Waals surface area contributed by atoms with Crippen molar-refractivity contribution in [3.63, 3.8) is 0 Å². The second-order valence-electron chi connectivity index (χ2n) is 5.22. The third-order valence-corrected chi connectivity index (χ3v) is 4.02. The molecule has 3 heteroatoms. The molecule has 0 bridgehead atoms. The van der Waals surface area contributed by atoms with E-state index in [0.717, 1.165) is 31.1 Å². The highest BCUT2D eigenvalue weighted by molar-refractivity contribution is 6.33. The molecule has 1 unspecified atom stereocenters. The van der Waals surface area contributed by atoms with Crippen LogP contribution in [-0.4, -0.2) is 25.2 Å². The molecule has 0 aliphatic carbocycles. The molecule has 1 aliphatic rings. The van der Waals surface area contributed by atoms with Crippen molar-refractivity contribution in [3.05, 3.63) is 28.8 Å². The van der Waals surface area contributed by atoms with Crippen molar-refractivity contribution < 1.29 is 0 Å². The van der Waals surface area contributed by atoms with Crippen LogP contribution < -0.4 is 10.2 Å². The summed E-state index contributed by atoms with van der Waals surface area (Å²) in [6.07, 6.45) is 1.13.